The van der Waals surface area contributed by atoms with Crippen molar-refractivity contribution in [1.29, 1.82) is 0 Å². The van der Waals surface area contributed by atoms with Gasteiger partial charge in [-0.3, -0.25) is 9.59 Å². The van der Waals surface area contributed by atoms with Crippen LogP contribution >= 0.6 is 0 Å². The third-order valence-corrected chi connectivity index (χ3v) is 4.89. The van der Waals surface area contributed by atoms with Gasteiger partial charge in [0.15, 0.2) is 0 Å². The van der Waals surface area contributed by atoms with Crippen LogP contribution in [-0.4, -0.2) is 29.3 Å². The second-order valence-electron chi connectivity index (χ2n) is 7.19. The van der Waals surface area contributed by atoms with Crippen molar-refractivity contribution in [2.45, 2.75) is 59.0 Å². The molecule has 0 unspecified atom stereocenters. The highest BCUT2D eigenvalue weighted by atomic mass is 16.2. The van der Waals surface area contributed by atoms with Gasteiger partial charge >= 0.3 is 0 Å². The van der Waals surface area contributed by atoms with Crippen molar-refractivity contribution in [3.05, 3.63) is 71.3 Å². The Balaban J connectivity index is 2.36. The minimum Gasteiger partial charge on any atom is -0.354 e. The molecule has 4 nitrogen and oxygen atoms in total. The van der Waals surface area contributed by atoms with Gasteiger partial charge in [0, 0.05) is 25.9 Å². The van der Waals surface area contributed by atoms with Gasteiger partial charge in [-0.2, -0.15) is 0 Å². The van der Waals surface area contributed by atoms with E-state index in [4.69, 9.17) is 0 Å². The van der Waals surface area contributed by atoms with Gasteiger partial charge in [0.2, 0.25) is 11.8 Å². The number of carbonyl (C=O) groups is 2. The van der Waals surface area contributed by atoms with Crippen LogP contribution in [0.2, 0.25) is 0 Å². The molecule has 1 atom stereocenters. The first-order chi connectivity index (χ1) is 13.6. The predicted octanol–water partition coefficient (Wildman–Crippen LogP) is 4.26. The van der Waals surface area contributed by atoms with Gasteiger partial charge in [-0.15, -0.1) is 0 Å². The average molecular weight is 381 g/mol. The first kappa shape index (κ1) is 21.7. The Labute approximate surface area is 169 Å². The zero-order valence-electron chi connectivity index (χ0n) is 17.3. The van der Waals surface area contributed by atoms with Gasteiger partial charge in [0.05, 0.1) is 0 Å². The van der Waals surface area contributed by atoms with Gasteiger partial charge in [-0.1, -0.05) is 68.4 Å². The normalized spacial score (nSPS) is 11.7. The van der Waals surface area contributed by atoms with Crippen LogP contribution in [0.3, 0.4) is 0 Å². The van der Waals surface area contributed by atoms with E-state index in [1.807, 2.05) is 75.4 Å². The zero-order chi connectivity index (χ0) is 20.4. The molecule has 2 aromatic rings. The summed E-state index contributed by atoms with van der Waals surface area (Å²) < 4.78 is 0. The van der Waals surface area contributed by atoms with E-state index in [0.717, 1.165) is 29.5 Å². The summed E-state index contributed by atoms with van der Waals surface area (Å²) in [5.74, 6) is -0.0536. The number of hydrogen-bond donors (Lipinski definition) is 1. The van der Waals surface area contributed by atoms with Crippen molar-refractivity contribution in [3.8, 4) is 0 Å². The lowest BCUT2D eigenvalue weighted by Crippen LogP contribution is -2.50. The third-order valence-electron chi connectivity index (χ3n) is 4.89. The second-order valence-corrected chi connectivity index (χ2v) is 7.19. The number of hydrogen-bond acceptors (Lipinski definition) is 2. The number of rotatable bonds is 10. The molecule has 28 heavy (non-hydrogen) atoms. The summed E-state index contributed by atoms with van der Waals surface area (Å²) in [7, 11) is 0. The van der Waals surface area contributed by atoms with Gasteiger partial charge in [-0.25, -0.2) is 0 Å². The molecule has 0 aliphatic carbocycles. The second kappa shape index (κ2) is 11.3. The fraction of sp³-hybridized carbons (Fsp3) is 0.417. The minimum absolute atomic E-state index is 0.0262. The van der Waals surface area contributed by atoms with Crippen molar-refractivity contribution in [2.24, 2.45) is 0 Å². The lowest BCUT2D eigenvalue weighted by atomic mass is 10.0. The van der Waals surface area contributed by atoms with Gasteiger partial charge in [0.25, 0.3) is 0 Å². The summed E-state index contributed by atoms with van der Waals surface area (Å²) >= 11 is 0. The molecule has 2 aromatic carbocycles. The molecule has 4 heteroatoms. The molecule has 0 saturated carbocycles. The Morgan fingerprint density at radius 2 is 1.64 bits per heavy atom. The molecule has 1 N–H and O–H groups in total. The monoisotopic (exact) mass is 380 g/mol. The van der Waals surface area contributed by atoms with E-state index < -0.39 is 6.04 Å². The van der Waals surface area contributed by atoms with Crippen LogP contribution in [0.5, 0.6) is 0 Å². The first-order valence-electron chi connectivity index (χ1n) is 10.2. The van der Waals surface area contributed by atoms with E-state index >= 15 is 0 Å². The third kappa shape index (κ3) is 6.22. The molecule has 0 aliphatic heterocycles. The molecule has 0 radical (unpaired) electrons. The van der Waals surface area contributed by atoms with Crippen molar-refractivity contribution in [3.63, 3.8) is 0 Å². The summed E-state index contributed by atoms with van der Waals surface area (Å²) in [6, 6.07) is 17.4. The Hall–Kier alpha value is -2.62. The predicted molar refractivity (Wildman–Crippen MR) is 114 cm³/mol. The lowest BCUT2D eigenvalue weighted by Gasteiger charge is -2.32. The van der Waals surface area contributed by atoms with Crippen LogP contribution in [0.25, 0.3) is 0 Å². The van der Waals surface area contributed by atoms with Crippen LogP contribution in [0.1, 0.15) is 49.8 Å². The number of nitrogens with zero attached hydrogens (tertiary/aromatic N) is 1. The van der Waals surface area contributed by atoms with Crippen LogP contribution in [-0.2, 0) is 22.6 Å². The maximum absolute atomic E-state index is 13.0. The largest absolute Gasteiger partial charge is 0.354 e. The Morgan fingerprint density at radius 1 is 0.964 bits per heavy atom. The quantitative estimate of drug-likeness (QED) is 0.669. The SMILES string of the molecule is CCCNC(=O)[C@@H](Cc1ccccc1)N(Cc1ccccc1C)C(=O)CCC. The molecule has 0 aliphatic rings. The van der Waals surface area contributed by atoms with Gasteiger partial charge in [-0.05, 0) is 36.5 Å². The van der Waals surface area contributed by atoms with Crippen molar-refractivity contribution >= 4 is 11.8 Å². The van der Waals surface area contributed by atoms with E-state index in [1.165, 1.54) is 0 Å². The Bertz CT molecular complexity index is 758. The molecule has 150 valence electrons. The lowest BCUT2D eigenvalue weighted by molar-refractivity contribution is -0.141. The highest BCUT2D eigenvalue weighted by Crippen LogP contribution is 2.18. The van der Waals surface area contributed by atoms with E-state index in [-0.39, 0.29) is 11.8 Å². The highest BCUT2D eigenvalue weighted by molar-refractivity contribution is 5.88. The zero-order valence-corrected chi connectivity index (χ0v) is 17.3. The maximum atomic E-state index is 13.0. The van der Waals surface area contributed by atoms with E-state index in [0.29, 0.717) is 25.9 Å². The Kier molecular flexibility index (Phi) is 8.73. The van der Waals surface area contributed by atoms with Crippen LogP contribution in [0, 0.1) is 6.92 Å². The molecular weight excluding hydrogens is 348 g/mol. The van der Waals surface area contributed by atoms with E-state index in [1.54, 1.807) is 4.90 Å². The molecule has 0 saturated heterocycles. The number of amides is 2. The van der Waals surface area contributed by atoms with Crippen LogP contribution in [0.15, 0.2) is 54.6 Å². The minimum atomic E-state index is -0.521. The van der Waals surface area contributed by atoms with Crippen LogP contribution < -0.4 is 5.32 Å². The number of carbonyl (C=O) groups excluding carboxylic acids is 2. The number of benzene rings is 2. The summed E-state index contributed by atoms with van der Waals surface area (Å²) in [6.45, 7) is 7.13. The summed E-state index contributed by atoms with van der Waals surface area (Å²) in [5.41, 5.74) is 3.26. The molecule has 2 amide bonds. The molecular formula is C24H32N2O2. The first-order valence-corrected chi connectivity index (χ1v) is 10.2. The molecule has 0 spiro atoms. The van der Waals surface area contributed by atoms with E-state index in [9.17, 15) is 9.59 Å². The van der Waals surface area contributed by atoms with E-state index in [2.05, 4.69) is 5.32 Å². The van der Waals surface area contributed by atoms with Gasteiger partial charge in [0.1, 0.15) is 6.04 Å². The molecule has 2 rings (SSSR count). The average Bonchev–Trinajstić information content (AvgIpc) is 2.71. The fourth-order valence-corrected chi connectivity index (χ4v) is 3.25. The van der Waals surface area contributed by atoms with Crippen LogP contribution in [0.4, 0.5) is 0 Å². The number of aryl methyl sites for hydroxylation is 1. The molecule has 0 aromatic heterocycles. The summed E-state index contributed by atoms with van der Waals surface area (Å²) in [4.78, 5) is 27.8. The van der Waals surface area contributed by atoms with Crippen molar-refractivity contribution in [1.82, 2.24) is 10.2 Å². The maximum Gasteiger partial charge on any atom is 0.243 e. The topological polar surface area (TPSA) is 49.4 Å². The molecule has 0 fully saturated rings. The fourth-order valence-electron chi connectivity index (χ4n) is 3.25. The smallest absolute Gasteiger partial charge is 0.243 e. The highest BCUT2D eigenvalue weighted by Gasteiger charge is 2.29. The van der Waals surface area contributed by atoms with Crippen molar-refractivity contribution < 1.29 is 9.59 Å². The summed E-state index contributed by atoms with van der Waals surface area (Å²) in [6.07, 6.45) is 2.58. The molecule has 0 heterocycles. The Morgan fingerprint density at radius 3 is 2.29 bits per heavy atom. The van der Waals surface area contributed by atoms with Crippen molar-refractivity contribution in [2.75, 3.05) is 6.54 Å². The molecule has 0 bridgehead atoms. The number of nitrogens with one attached hydrogen (secondary N) is 1. The standard InChI is InChI=1S/C24H32N2O2/c1-4-11-23(27)26(18-21-15-10-9-12-19(21)3)22(24(28)25-16-5-2)17-20-13-7-6-8-14-20/h6-10,12-15,22H,4-5,11,16-18H2,1-3H3,(H,25,28)/t22-/m1/s1. The van der Waals surface area contributed by atoms with Gasteiger partial charge < -0.3 is 10.2 Å². The summed E-state index contributed by atoms with van der Waals surface area (Å²) in [5, 5.41) is 3.00.